The van der Waals surface area contributed by atoms with Crippen molar-refractivity contribution in [2.75, 3.05) is 33.2 Å². The summed E-state index contributed by atoms with van der Waals surface area (Å²) in [6, 6.07) is 13.6. The summed E-state index contributed by atoms with van der Waals surface area (Å²) in [5.41, 5.74) is 1.03. The molecule has 0 spiro atoms. The van der Waals surface area contributed by atoms with Crippen LogP contribution in [0.3, 0.4) is 0 Å². The molecule has 2 aliphatic rings. The molecule has 1 aromatic heterocycles. The normalized spacial score (nSPS) is 17.9. The Morgan fingerprint density at radius 1 is 1.05 bits per heavy atom. The number of rotatable bonds is 7. The van der Waals surface area contributed by atoms with Crippen LogP contribution in [0.4, 0.5) is 0 Å². The number of allylic oxidation sites excluding steroid dienone is 1. The monoisotopic (exact) mass is 636 g/mol. The van der Waals surface area contributed by atoms with Gasteiger partial charge in [-0.2, -0.15) is 0 Å². The number of carbonyl (C=O) groups is 2. The van der Waals surface area contributed by atoms with Gasteiger partial charge < -0.3 is 19.3 Å². The maximum Gasteiger partial charge on any atom is 0.338 e. The van der Waals surface area contributed by atoms with E-state index in [4.69, 9.17) is 21.1 Å². The van der Waals surface area contributed by atoms with E-state index in [1.54, 1.807) is 81.7 Å². The first-order chi connectivity index (χ1) is 20.8. The summed E-state index contributed by atoms with van der Waals surface area (Å²) < 4.78 is 13.7. The fourth-order valence-electron chi connectivity index (χ4n) is 5.33. The minimum atomic E-state index is -1.02. The molecule has 0 bridgehead atoms. The van der Waals surface area contributed by atoms with Crippen LogP contribution in [0.1, 0.15) is 51.8 Å². The summed E-state index contributed by atoms with van der Waals surface area (Å²) in [7, 11) is 2.05. The van der Waals surface area contributed by atoms with E-state index in [0.29, 0.717) is 44.5 Å². The average molecular weight is 637 g/mol. The molecule has 0 saturated carbocycles. The second-order valence-electron chi connectivity index (χ2n) is 11.9. The van der Waals surface area contributed by atoms with Gasteiger partial charge in [-0.3, -0.25) is 14.2 Å². The highest BCUT2D eigenvalue weighted by molar-refractivity contribution is 7.07. The summed E-state index contributed by atoms with van der Waals surface area (Å²) in [4.78, 5) is 49.4. The van der Waals surface area contributed by atoms with Crippen LogP contribution in [-0.2, 0) is 14.3 Å². The van der Waals surface area contributed by atoms with Crippen molar-refractivity contribution in [3.63, 3.8) is 0 Å². The first kappa shape index (κ1) is 31.7. The molecule has 0 radical (unpaired) electrons. The second kappa shape index (κ2) is 12.7. The number of hydrogen-bond acceptors (Lipinski definition) is 8. The van der Waals surface area contributed by atoms with E-state index >= 15 is 0 Å². The smallest absolute Gasteiger partial charge is 0.338 e. The molecule has 44 heavy (non-hydrogen) atoms. The molecule has 232 valence electrons. The maximum absolute atomic E-state index is 13.9. The molecule has 1 atom stereocenters. The third-order valence-corrected chi connectivity index (χ3v) is 8.86. The molecule has 3 heterocycles. The number of ether oxygens (including phenoxy) is 2. The molecule has 5 rings (SSSR count). The number of benzene rings is 2. The van der Waals surface area contributed by atoms with E-state index in [9.17, 15) is 14.4 Å². The number of halogens is 1. The predicted octanol–water partition coefficient (Wildman–Crippen LogP) is 3.77. The number of likely N-dealkylation sites (N-methyl/N-ethyl adjacent to an activating group) is 1. The van der Waals surface area contributed by atoms with Gasteiger partial charge in [0.05, 0.1) is 27.9 Å². The van der Waals surface area contributed by atoms with Gasteiger partial charge in [0.25, 0.3) is 11.5 Å². The van der Waals surface area contributed by atoms with Crippen molar-refractivity contribution < 1.29 is 19.1 Å². The second-order valence-corrected chi connectivity index (χ2v) is 13.3. The molecule has 0 N–H and O–H groups in total. The Bertz CT molecular complexity index is 1770. The molecule has 2 aromatic carbocycles. The van der Waals surface area contributed by atoms with Gasteiger partial charge >= 0.3 is 5.97 Å². The highest BCUT2D eigenvalue weighted by Gasteiger charge is 2.36. The summed E-state index contributed by atoms with van der Waals surface area (Å²) in [5.74, 6) is 0.000760. The lowest BCUT2D eigenvalue weighted by atomic mass is 9.96. The van der Waals surface area contributed by atoms with Gasteiger partial charge in [-0.1, -0.05) is 47.2 Å². The van der Waals surface area contributed by atoms with Crippen LogP contribution in [0.2, 0.25) is 5.02 Å². The Kier molecular flexibility index (Phi) is 9.15. The number of amides is 1. The predicted molar refractivity (Wildman–Crippen MR) is 172 cm³/mol. The lowest BCUT2D eigenvalue weighted by Crippen LogP contribution is -2.55. The number of hydrogen-bond donors (Lipinski definition) is 0. The molecule has 9 nitrogen and oxygen atoms in total. The quantitative estimate of drug-likeness (QED) is 0.367. The van der Waals surface area contributed by atoms with E-state index in [1.807, 2.05) is 24.1 Å². The van der Waals surface area contributed by atoms with Crippen LogP contribution in [0.5, 0.6) is 5.75 Å². The third-order valence-electron chi connectivity index (χ3n) is 7.63. The largest absolute Gasteiger partial charge is 0.478 e. The maximum atomic E-state index is 13.9. The number of carbonyl (C=O) groups excluding carboxylic acids is 2. The molecule has 11 heteroatoms. The van der Waals surface area contributed by atoms with E-state index in [1.165, 1.54) is 11.3 Å². The molecular formula is C33H37ClN4O5S. The number of esters is 1. The number of fused-ring (bicyclic) bond motifs is 1. The van der Waals surface area contributed by atoms with Crippen molar-refractivity contribution in [3.8, 4) is 5.75 Å². The molecule has 1 unspecified atom stereocenters. The standard InChI is InChI=1S/C33H37ClN4O5S/c1-20(2)42-30(40)27-21(3)35-32-38(28(27)23-9-11-24(34)12-10-23)29(39)26(44-32)19-22-7-13-25(14-8-22)43-33(4,5)31(41)37-17-15-36(6)16-18-37/h7-14,19-20,28H,15-18H2,1-6H3/b26-19-. The van der Waals surface area contributed by atoms with Crippen LogP contribution in [0.25, 0.3) is 6.08 Å². The van der Waals surface area contributed by atoms with Crippen molar-refractivity contribution in [2.24, 2.45) is 4.99 Å². The van der Waals surface area contributed by atoms with Gasteiger partial charge in [0, 0.05) is 31.2 Å². The van der Waals surface area contributed by atoms with Gasteiger partial charge in [0.1, 0.15) is 5.75 Å². The minimum absolute atomic E-state index is 0.0435. The molecule has 3 aromatic rings. The Labute approximate surface area is 265 Å². The highest BCUT2D eigenvalue weighted by atomic mass is 35.5. The van der Waals surface area contributed by atoms with Crippen molar-refractivity contribution in [2.45, 2.75) is 52.4 Å². The fraction of sp³-hybridized carbons (Fsp3) is 0.394. The van der Waals surface area contributed by atoms with Crippen molar-refractivity contribution in [1.82, 2.24) is 14.4 Å². The van der Waals surface area contributed by atoms with Gasteiger partial charge in [0.15, 0.2) is 10.4 Å². The number of nitrogens with zero attached hydrogens (tertiary/aromatic N) is 4. The van der Waals surface area contributed by atoms with Crippen molar-refractivity contribution in [1.29, 1.82) is 0 Å². The number of thiazole rings is 1. The van der Waals surface area contributed by atoms with Crippen LogP contribution < -0.4 is 19.6 Å². The summed E-state index contributed by atoms with van der Waals surface area (Å²) >= 11 is 7.41. The minimum Gasteiger partial charge on any atom is -0.478 e. The SMILES string of the molecule is CC1=C(C(=O)OC(C)C)C(c2ccc(Cl)cc2)n2c(s/c(=C\c3ccc(OC(C)(C)C(=O)N4CCN(C)CC4)cc3)c2=O)=N1. The lowest BCUT2D eigenvalue weighted by Gasteiger charge is -2.37. The summed E-state index contributed by atoms with van der Waals surface area (Å²) in [6.45, 7) is 11.9. The Balaban J connectivity index is 1.45. The molecule has 1 fully saturated rings. The fourth-order valence-corrected chi connectivity index (χ4v) is 6.51. The molecule has 2 aliphatic heterocycles. The molecular weight excluding hydrogens is 600 g/mol. The summed E-state index contributed by atoms with van der Waals surface area (Å²) in [5, 5.41) is 0.549. The topological polar surface area (TPSA) is 93.4 Å². The van der Waals surface area contributed by atoms with Crippen LogP contribution in [0, 0.1) is 0 Å². The van der Waals surface area contributed by atoms with Crippen molar-refractivity contribution in [3.05, 3.63) is 95.6 Å². The zero-order chi connectivity index (χ0) is 31.8. The zero-order valence-electron chi connectivity index (χ0n) is 25.8. The molecule has 1 saturated heterocycles. The van der Waals surface area contributed by atoms with Gasteiger partial charge in [-0.15, -0.1) is 0 Å². The number of piperazine rings is 1. The molecule has 1 amide bonds. The van der Waals surface area contributed by atoms with Crippen LogP contribution in [-0.4, -0.2) is 71.2 Å². The van der Waals surface area contributed by atoms with Crippen LogP contribution >= 0.6 is 22.9 Å². The number of aromatic nitrogens is 1. The van der Waals surface area contributed by atoms with Gasteiger partial charge in [-0.05, 0) is 83.1 Å². The highest BCUT2D eigenvalue weighted by Crippen LogP contribution is 2.31. The van der Waals surface area contributed by atoms with E-state index in [-0.39, 0.29) is 17.6 Å². The van der Waals surface area contributed by atoms with E-state index in [0.717, 1.165) is 24.2 Å². The van der Waals surface area contributed by atoms with Gasteiger partial charge in [-0.25, -0.2) is 9.79 Å². The van der Waals surface area contributed by atoms with E-state index in [2.05, 4.69) is 9.89 Å². The van der Waals surface area contributed by atoms with Crippen LogP contribution in [0.15, 0.2) is 69.6 Å². The Hall–Kier alpha value is -3.73. The Morgan fingerprint density at radius 3 is 2.30 bits per heavy atom. The lowest BCUT2D eigenvalue weighted by molar-refractivity contribution is -0.147. The zero-order valence-corrected chi connectivity index (χ0v) is 27.4. The average Bonchev–Trinajstić information content (AvgIpc) is 3.27. The van der Waals surface area contributed by atoms with Crippen molar-refractivity contribution >= 4 is 40.9 Å². The summed E-state index contributed by atoms with van der Waals surface area (Å²) in [6.07, 6.45) is 1.46. The third kappa shape index (κ3) is 6.67. The first-order valence-corrected chi connectivity index (χ1v) is 15.8. The van der Waals surface area contributed by atoms with E-state index < -0.39 is 17.6 Å². The first-order valence-electron chi connectivity index (χ1n) is 14.6. The molecule has 0 aliphatic carbocycles. The van der Waals surface area contributed by atoms with Gasteiger partial charge in [0.2, 0.25) is 0 Å². The Morgan fingerprint density at radius 2 is 1.68 bits per heavy atom.